The molecule has 1 saturated heterocycles. The summed E-state index contributed by atoms with van der Waals surface area (Å²) in [5, 5.41) is 5.82. The van der Waals surface area contributed by atoms with E-state index in [1.54, 1.807) is 37.3 Å². The number of hydrogen-bond donors (Lipinski definition) is 2. The summed E-state index contributed by atoms with van der Waals surface area (Å²) >= 11 is 0. The fourth-order valence-corrected chi connectivity index (χ4v) is 5.88. The SMILES string of the molecule is Cc1ccc(C(=O)NC2CC2)cc1NC(=O)c1cc(S(=O)(=O)N2CCCCC2C)ccc1C. The van der Waals surface area contributed by atoms with Crippen molar-refractivity contribution in [2.24, 2.45) is 0 Å². The molecule has 1 atom stereocenters. The van der Waals surface area contributed by atoms with Crippen molar-refractivity contribution in [1.82, 2.24) is 9.62 Å². The van der Waals surface area contributed by atoms with Crippen LogP contribution in [0.25, 0.3) is 0 Å². The number of carbonyl (C=O) groups is 2. The number of hydrogen-bond acceptors (Lipinski definition) is 4. The second-order valence-corrected chi connectivity index (χ2v) is 11.1. The van der Waals surface area contributed by atoms with Crippen LogP contribution in [0.15, 0.2) is 41.3 Å². The predicted molar refractivity (Wildman–Crippen MR) is 128 cm³/mol. The van der Waals surface area contributed by atoms with Gasteiger partial charge in [-0.05, 0) is 81.8 Å². The minimum absolute atomic E-state index is 0.0606. The van der Waals surface area contributed by atoms with Crippen LogP contribution >= 0.6 is 0 Å². The Labute approximate surface area is 195 Å². The van der Waals surface area contributed by atoms with E-state index in [1.807, 2.05) is 13.8 Å². The van der Waals surface area contributed by atoms with E-state index in [2.05, 4.69) is 10.6 Å². The molecule has 176 valence electrons. The van der Waals surface area contributed by atoms with E-state index in [0.29, 0.717) is 28.9 Å². The lowest BCUT2D eigenvalue weighted by molar-refractivity contribution is 0.0949. The van der Waals surface area contributed by atoms with Crippen LogP contribution in [0.1, 0.15) is 70.9 Å². The van der Waals surface area contributed by atoms with Gasteiger partial charge in [0, 0.05) is 35.4 Å². The Hall–Kier alpha value is -2.71. The molecule has 2 aromatic carbocycles. The summed E-state index contributed by atoms with van der Waals surface area (Å²) in [6.45, 7) is 6.05. The number of carbonyl (C=O) groups excluding carboxylic acids is 2. The lowest BCUT2D eigenvalue weighted by Gasteiger charge is -2.32. The van der Waals surface area contributed by atoms with E-state index in [-0.39, 0.29) is 22.9 Å². The van der Waals surface area contributed by atoms with Gasteiger partial charge in [0.25, 0.3) is 11.8 Å². The fourth-order valence-electron chi connectivity index (χ4n) is 4.15. The van der Waals surface area contributed by atoms with Gasteiger partial charge in [-0.3, -0.25) is 9.59 Å². The van der Waals surface area contributed by atoms with Gasteiger partial charge in [0.1, 0.15) is 0 Å². The van der Waals surface area contributed by atoms with Crippen LogP contribution < -0.4 is 10.6 Å². The zero-order chi connectivity index (χ0) is 23.8. The number of nitrogens with one attached hydrogen (secondary N) is 2. The summed E-state index contributed by atoms with van der Waals surface area (Å²) in [6, 6.07) is 10.1. The number of aryl methyl sites for hydroxylation is 2. The van der Waals surface area contributed by atoms with Crippen LogP contribution in [-0.4, -0.2) is 43.2 Å². The number of piperidine rings is 1. The van der Waals surface area contributed by atoms with Gasteiger partial charge in [-0.2, -0.15) is 4.31 Å². The molecule has 1 saturated carbocycles. The molecule has 8 heteroatoms. The normalized spacial score (nSPS) is 19.2. The number of amides is 2. The topological polar surface area (TPSA) is 95.6 Å². The predicted octanol–water partition coefficient (Wildman–Crippen LogP) is 4.01. The molecule has 2 fully saturated rings. The average molecular weight is 470 g/mol. The van der Waals surface area contributed by atoms with Crippen molar-refractivity contribution in [2.45, 2.75) is 69.9 Å². The van der Waals surface area contributed by atoms with E-state index in [9.17, 15) is 18.0 Å². The molecule has 2 N–H and O–H groups in total. The molecule has 0 spiro atoms. The van der Waals surface area contributed by atoms with Crippen LogP contribution in [0.4, 0.5) is 5.69 Å². The third-order valence-electron chi connectivity index (χ3n) is 6.46. The van der Waals surface area contributed by atoms with Gasteiger partial charge < -0.3 is 10.6 Å². The van der Waals surface area contributed by atoms with Gasteiger partial charge in [0.05, 0.1) is 4.90 Å². The second-order valence-electron chi connectivity index (χ2n) is 9.17. The minimum atomic E-state index is -3.69. The van der Waals surface area contributed by atoms with Gasteiger partial charge >= 0.3 is 0 Å². The largest absolute Gasteiger partial charge is 0.349 e. The first-order chi connectivity index (χ1) is 15.7. The van der Waals surface area contributed by atoms with Gasteiger partial charge in [0.2, 0.25) is 10.0 Å². The molecule has 0 radical (unpaired) electrons. The van der Waals surface area contributed by atoms with Gasteiger partial charge in [-0.25, -0.2) is 8.42 Å². The van der Waals surface area contributed by atoms with Gasteiger partial charge in [-0.15, -0.1) is 0 Å². The van der Waals surface area contributed by atoms with Crippen molar-refractivity contribution in [2.75, 3.05) is 11.9 Å². The Kier molecular flexibility index (Phi) is 6.59. The maximum absolute atomic E-state index is 13.3. The summed E-state index contributed by atoms with van der Waals surface area (Å²) in [5.74, 6) is -0.563. The average Bonchev–Trinajstić information content (AvgIpc) is 3.59. The van der Waals surface area contributed by atoms with Gasteiger partial charge in [-0.1, -0.05) is 18.6 Å². The van der Waals surface area contributed by atoms with Crippen molar-refractivity contribution in [3.63, 3.8) is 0 Å². The molecule has 2 amide bonds. The minimum Gasteiger partial charge on any atom is -0.349 e. The van der Waals surface area contributed by atoms with Crippen LogP contribution in [0, 0.1) is 13.8 Å². The second kappa shape index (κ2) is 9.27. The zero-order valence-electron chi connectivity index (χ0n) is 19.3. The van der Waals surface area contributed by atoms with Crippen molar-refractivity contribution < 1.29 is 18.0 Å². The zero-order valence-corrected chi connectivity index (χ0v) is 20.2. The summed E-state index contributed by atoms with van der Waals surface area (Å²) in [7, 11) is -3.69. The van der Waals surface area contributed by atoms with Crippen LogP contribution in [0.5, 0.6) is 0 Å². The Morgan fingerprint density at radius 2 is 1.67 bits per heavy atom. The number of anilines is 1. The van der Waals surface area contributed by atoms with E-state index < -0.39 is 15.9 Å². The number of sulfonamides is 1. The lowest BCUT2D eigenvalue weighted by atomic mass is 10.1. The molecular formula is C25H31N3O4S. The maximum atomic E-state index is 13.3. The molecular weight excluding hydrogens is 438 g/mol. The molecule has 33 heavy (non-hydrogen) atoms. The highest BCUT2D eigenvalue weighted by Gasteiger charge is 2.31. The van der Waals surface area contributed by atoms with Crippen LogP contribution in [0.3, 0.4) is 0 Å². The van der Waals surface area contributed by atoms with Gasteiger partial charge in [0.15, 0.2) is 0 Å². The Morgan fingerprint density at radius 1 is 0.939 bits per heavy atom. The maximum Gasteiger partial charge on any atom is 0.255 e. The number of rotatable bonds is 6. The van der Waals surface area contributed by atoms with Crippen molar-refractivity contribution in [3.05, 3.63) is 58.7 Å². The van der Waals surface area contributed by atoms with E-state index in [4.69, 9.17) is 0 Å². The molecule has 0 aromatic heterocycles. The Bertz CT molecular complexity index is 1190. The molecule has 1 aliphatic heterocycles. The summed E-state index contributed by atoms with van der Waals surface area (Å²) in [6.07, 6.45) is 4.69. The Morgan fingerprint density at radius 3 is 2.36 bits per heavy atom. The first-order valence-electron chi connectivity index (χ1n) is 11.5. The van der Waals surface area contributed by atoms with E-state index in [0.717, 1.165) is 37.7 Å². The van der Waals surface area contributed by atoms with Crippen molar-refractivity contribution >= 4 is 27.5 Å². The molecule has 4 rings (SSSR count). The highest BCUT2D eigenvalue weighted by molar-refractivity contribution is 7.89. The smallest absolute Gasteiger partial charge is 0.255 e. The van der Waals surface area contributed by atoms with E-state index >= 15 is 0 Å². The monoisotopic (exact) mass is 469 g/mol. The molecule has 0 bridgehead atoms. The number of benzene rings is 2. The first-order valence-corrected chi connectivity index (χ1v) is 13.0. The summed E-state index contributed by atoms with van der Waals surface area (Å²) in [4.78, 5) is 25.7. The highest BCUT2D eigenvalue weighted by atomic mass is 32.2. The van der Waals surface area contributed by atoms with Crippen molar-refractivity contribution in [1.29, 1.82) is 0 Å². The van der Waals surface area contributed by atoms with Crippen molar-refractivity contribution in [3.8, 4) is 0 Å². The Balaban J connectivity index is 1.58. The number of nitrogens with zero attached hydrogens (tertiary/aromatic N) is 1. The van der Waals surface area contributed by atoms with Crippen LogP contribution in [-0.2, 0) is 10.0 Å². The third kappa shape index (κ3) is 5.12. The van der Waals surface area contributed by atoms with Crippen LogP contribution in [0.2, 0.25) is 0 Å². The summed E-state index contributed by atoms with van der Waals surface area (Å²) in [5.41, 5.74) is 2.80. The molecule has 1 aliphatic carbocycles. The molecule has 1 heterocycles. The molecule has 2 aromatic rings. The molecule has 2 aliphatic rings. The highest BCUT2D eigenvalue weighted by Crippen LogP contribution is 2.27. The molecule has 1 unspecified atom stereocenters. The fraction of sp³-hybridized carbons (Fsp3) is 0.440. The summed E-state index contributed by atoms with van der Waals surface area (Å²) < 4.78 is 28.1. The standard InChI is InChI=1S/C25H31N3O4S/c1-16-8-12-21(33(31,32)28-13-5-4-6-18(28)3)15-22(16)25(30)27-23-14-19(9-7-17(23)2)24(29)26-20-10-11-20/h7-9,12,14-15,18,20H,4-6,10-11,13H2,1-3H3,(H,26,29)(H,27,30). The third-order valence-corrected chi connectivity index (χ3v) is 8.47. The molecule has 7 nitrogen and oxygen atoms in total. The van der Waals surface area contributed by atoms with E-state index in [1.165, 1.54) is 10.4 Å². The lowest BCUT2D eigenvalue weighted by Crippen LogP contribution is -2.42. The quantitative estimate of drug-likeness (QED) is 0.668. The first kappa shape index (κ1) is 23.4.